The molecule has 4 aromatic carbocycles. The first-order valence-corrected chi connectivity index (χ1v) is 16.0. The molecule has 220 valence electrons. The van der Waals surface area contributed by atoms with Gasteiger partial charge in [-0.05, 0) is 59.5 Å². The van der Waals surface area contributed by atoms with Crippen LogP contribution in [0.3, 0.4) is 0 Å². The van der Waals surface area contributed by atoms with Crippen molar-refractivity contribution in [2.45, 2.75) is 23.0 Å². The van der Waals surface area contributed by atoms with Gasteiger partial charge in [-0.3, -0.25) is 14.4 Å². The molecule has 1 heterocycles. The largest absolute Gasteiger partial charge is 0.481 e. The third-order valence-corrected chi connectivity index (χ3v) is 9.61. The van der Waals surface area contributed by atoms with E-state index in [4.69, 9.17) is 4.98 Å². The third kappa shape index (κ3) is 6.74. The highest BCUT2D eigenvalue weighted by Crippen LogP contribution is 2.38. The second-order valence-electron chi connectivity index (χ2n) is 10.5. The van der Waals surface area contributed by atoms with Crippen LogP contribution in [0.2, 0.25) is 0 Å². The number of fused-ring (bicyclic) bond motifs is 1. The quantitative estimate of drug-likeness (QED) is 0.114. The van der Waals surface area contributed by atoms with Gasteiger partial charge in [0.25, 0.3) is 0 Å². The van der Waals surface area contributed by atoms with E-state index < -0.39 is 23.1 Å². The van der Waals surface area contributed by atoms with E-state index in [9.17, 15) is 19.5 Å². The van der Waals surface area contributed by atoms with Gasteiger partial charge < -0.3 is 15.7 Å². The van der Waals surface area contributed by atoms with E-state index in [1.165, 1.54) is 23.1 Å². The Morgan fingerprint density at radius 2 is 1.52 bits per heavy atom. The zero-order chi connectivity index (χ0) is 30.5. The summed E-state index contributed by atoms with van der Waals surface area (Å²) in [4.78, 5) is 43.7. The fraction of sp³-hybridized carbons (Fsp3) is 0.143. The van der Waals surface area contributed by atoms with E-state index in [2.05, 4.69) is 34.9 Å². The Kier molecular flexibility index (Phi) is 8.86. The number of carboxylic acids is 1. The number of nitrogens with zero attached hydrogens (tertiary/aromatic N) is 1. The number of aromatic nitrogens is 1. The minimum atomic E-state index is -0.964. The molecule has 3 N–H and O–H groups in total. The number of carbonyl (C=O) groups excluding carboxylic acids is 2. The number of hydrogen-bond donors (Lipinski definition) is 3. The molecule has 0 bridgehead atoms. The van der Waals surface area contributed by atoms with Crippen molar-refractivity contribution in [1.29, 1.82) is 0 Å². The number of thiazole rings is 1. The summed E-state index contributed by atoms with van der Waals surface area (Å²) in [6.07, 6.45) is 4.41. The van der Waals surface area contributed by atoms with Crippen LogP contribution < -0.4 is 10.6 Å². The monoisotopic (exact) mass is 619 g/mol. The number of carbonyl (C=O) groups is 3. The average molecular weight is 620 g/mol. The van der Waals surface area contributed by atoms with Crippen molar-refractivity contribution in [3.8, 4) is 11.3 Å². The first kappa shape index (κ1) is 29.3. The highest BCUT2D eigenvalue weighted by atomic mass is 32.2. The van der Waals surface area contributed by atoms with Crippen LogP contribution in [-0.4, -0.2) is 27.9 Å². The summed E-state index contributed by atoms with van der Waals surface area (Å²) in [7, 11) is 0. The van der Waals surface area contributed by atoms with Crippen LogP contribution in [0.25, 0.3) is 22.0 Å². The lowest BCUT2D eigenvalue weighted by molar-refractivity contribution is -0.146. The number of anilines is 2. The SMILES string of the molecule is O=C(Nc1nc(-c2ccc3ccccc3c2)cs1)C(Sc1ccc(NC(=O)C2CC=CCC2C(=O)O)cc1)c1ccccc1. The minimum absolute atomic E-state index is 0.192. The third-order valence-electron chi connectivity index (χ3n) is 7.58. The number of benzene rings is 4. The van der Waals surface area contributed by atoms with Gasteiger partial charge in [0.2, 0.25) is 11.8 Å². The van der Waals surface area contributed by atoms with E-state index in [0.717, 1.165) is 32.5 Å². The fourth-order valence-electron chi connectivity index (χ4n) is 5.25. The Labute approximate surface area is 263 Å². The fourth-order valence-corrected chi connectivity index (χ4v) is 7.00. The van der Waals surface area contributed by atoms with Gasteiger partial charge in [-0.2, -0.15) is 0 Å². The van der Waals surface area contributed by atoms with Gasteiger partial charge in [0.1, 0.15) is 5.25 Å². The molecule has 0 aliphatic heterocycles. The molecule has 3 atom stereocenters. The Bertz CT molecular complexity index is 1840. The molecule has 3 unspecified atom stereocenters. The number of aliphatic carboxylic acids is 1. The summed E-state index contributed by atoms with van der Waals surface area (Å²) in [6.45, 7) is 0. The van der Waals surface area contributed by atoms with Crippen molar-refractivity contribution in [2.75, 3.05) is 10.6 Å². The lowest BCUT2D eigenvalue weighted by Gasteiger charge is -2.24. The maximum atomic E-state index is 13.6. The van der Waals surface area contributed by atoms with Gasteiger partial charge in [-0.1, -0.05) is 78.9 Å². The molecule has 0 saturated carbocycles. The van der Waals surface area contributed by atoms with E-state index in [0.29, 0.717) is 23.7 Å². The zero-order valence-electron chi connectivity index (χ0n) is 23.6. The molecule has 1 aliphatic rings. The molecule has 0 spiro atoms. The highest BCUT2D eigenvalue weighted by molar-refractivity contribution is 8.00. The number of nitrogens with one attached hydrogen (secondary N) is 2. The Morgan fingerprint density at radius 3 is 2.27 bits per heavy atom. The molecule has 9 heteroatoms. The Balaban J connectivity index is 1.15. The molecule has 44 heavy (non-hydrogen) atoms. The van der Waals surface area contributed by atoms with Crippen LogP contribution in [-0.2, 0) is 14.4 Å². The van der Waals surface area contributed by atoms with Gasteiger partial charge in [0.05, 0.1) is 17.5 Å². The molecule has 5 aromatic rings. The van der Waals surface area contributed by atoms with Crippen molar-refractivity contribution < 1.29 is 19.5 Å². The lowest BCUT2D eigenvalue weighted by Crippen LogP contribution is -2.34. The highest BCUT2D eigenvalue weighted by Gasteiger charge is 2.34. The van der Waals surface area contributed by atoms with E-state index in [1.54, 1.807) is 12.1 Å². The molecule has 0 saturated heterocycles. The lowest BCUT2D eigenvalue weighted by atomic mass is 9.82. The van der Waals surface area contributed by atoms with E-state index >= 15 is 0 Å². The van der Waals surface area contributed by atoms with Crippen molar-refractivity contribution in [3.63, 3.8) is 0 Å². The number of allylic oxidation sites excluding steroid dienone is 2. The predicted octanol–water partition coefficient (Wildman–Crippen LogP) is 8.04. The first-order valence-electron chi connectivity index (χ1n) is 14.2. The van der Waals surface area contributed by atoms with Gasteiger partial charge >= 0.3 is 5.97 Å². The van der Waals surface area contributed by atoms with Crippen LogP contribution in [0.5, 0.6) is 0 Å². The Morgan fingerprint density at radius 1 is 0.818 bits per heavy atom. The smallest absolute Gasteiger partial charge is 0.307 e. The summed E-state index contributed by atoms with van der Waals surface area (Å²) in [5.41, 5.74) is 3.21. The summed E-state index contributed by atoms with van der Waals surface area (Å²) < 4.78 is 0. The number of hydrogen-bond acceptors (Lipinski definition) is 6. The second-order valence-corrected chi connectivity index (χ2v) is 12.5. The Hall–Kier alpha value is -4.73. The van der Waals surface area contributed by atoms with E-state index in [1.807, 2.05) is 78.2 Å². The molecule has 0 fully saturated rings. The minimum Gasteiger partial charge on any atom is -0.481 e. The van der Waals surface area contributed by atoms with Crippen molar-refractivity contribution in [2.24, 2.45) is 11.8 Å². The molecular weight excluding hydrogens is 591 g/mol. The number of carboxylic acid groups (broad SMARTS) is 1. The normalized spacial score (nSPS) is 16.7. The maximum Gasteiger partial charge on any atom is 0.307 e. The summed E-state index contributed by atoms with van der Waals surface area (Å²) >= 11 is 2.78. The molecule has 7 nitrogen and oxygen atoms in total. The topological polar surface area (TPSA) is 108 Å². The molecule has 6 rings (SSSR count). The number of rotatable bonds is 9. The van der Waals surface area contributed by atoms with Crippen LogP contribution in [0.15, 0.2) is 119 Å². The standard InChI is InChI=1S/C35H29N3O4S2/c39-32(28-12-6-7-13-29(28)34(41)42)36-26-16-18-27(19-17-26)44-31(23-9-2-1-3-10-23)33(40)38-35-37-30(21-43-35)25-15-14-22-8-4-5-11-24(22)20-25/h1-11,14-21,28-29,31H,12-13H2,(H,36,39)(H,41,42)(H,37,38,40). The van der Waals surface area contributed by atoms with Gasteiger partial charge in [0.15, 0.2) is 5.13 Å². The van der Waals surface area contributed by atoms with Crippen molar-refractivity contribution in [1.82, 2.24) is 4.98 Å². The van der Waals surface area contributed by atoms with Crippen LogP contribution in [0, 0.1) is 11.8 Å². The number of amides is 2. The molecular formula is C35H29N3O4S2. The summed E-state index contributed by atoms with van der Waals surface area (Å²) in [5, 5.41) is 19.6. The predicted molar refractivity (Wildman–Crippen MR) is 177 cm³/mol. The van der Waals surface area contributed by atoms with Crippen LogP contribution >= 0.6 is 23.1 Å². The van der Waals surface area contributed by atoms with Crippen LogP contribution in [0.4, 0.5) is 10.8 Å². The van der Waals surface area contributed by atoms with E-state index in [-0.39, 0.29) is 11.8 Å². The van der Waals surface area contributed by atoms with Gasteiger partial charge in [0, 0.05) is 21.5 Å². The van der Waals surface area contributed by atoms with Crippen molar-refractivity contribution in [3.05, 3.63) is 120 Å². The summed E-state index contributed by atoms with van der Waals surface area (Å²) in [6, 6.07) is 31.2. The van der Waals surface area contributed by atoms with Crippen molar-refractivity contribution >= 4 is 62.5 Å². The first-order chi connectivity index (χ1) is 21.4. The average Bonchev–Trinajstić information content (AvgIpc) is 3.53. The molecule has 1 aliphatic carbocycles. The summed E-state index contributed by atoms with van der Waals surface area (Å²) in [5.74, 6) is -2.82. The van der Waals surface area contributed by atoms with Gasteiger partial charge in [-0.15, -0.1) is 23.1 Å². The van der Waals surface area contributed by atoms with Gasteiger partial charge in [-0.25, -0.2) is 4.98 Å². The molecule has 2 amide bonds. The van der Waals surface area contributed by atoms with Crippen LogP contribution in [0.1, 0.15) is 23.7 Å². The molecule has 0 radical (unpaired) electrons. The zero-order valence-corrected chi connectivity index (χ0v) is 25.2. The molecule has 1 aromatic heterocycles. The maximum absolute atomic E-state index is 13.6. The second kappa shape index (κ2) is 13.3. The number of thioether (sulfide) groups is 1.